The Morgan fingerprint density at radius 1 is 1.67 bits per heavy atom. The van der Waals surface area contributed by atoms with E-state index in [2.05, 4.69) is 24.1 Å². The fraction of sp³-hybridized carbons (Fsp3) is 1.00. The van der Waals surface area contributed by atoms with Crippen LogP contribution < -0.4 is 5.32 Å². The van der Waals surface area contributed by atoms with Crippen LogP contribution in [0.2, 0.25) is 0 Å². The van der Waals surface area contributed by atoms with Gasteiger partial charge in [-0.05, 0) is 20.4 Å². The van der Waals surface area contributed by atoms with Gasteiger partial charge in [-0.2, -0.15) is 0 Å². The second-order valence-electron chi connectivity index (χ2n) is 4.11. The van der Waals surface area contributed by atoms with E-state index in [-0.39, 0.29) is 0 Å². The first-order chi connectivity index (χ1) is 5.53. The van der Waals surface area contributed by atoms with Crippen LogP contribution >= 0.6 is 0 Å². The summed E-state index contributed by atoms with van der Waals surface area (Å²) in [6.45, 7) is 9.71. The Morgan fingerprint density at radius 3 is 2.92 bits per heavy atom. The molecular formula is C9H20N2O. The van der Waals surface area contributed by atoms with E-state index in [9.17, 15) is 5.11 Å². The van der Waals surface area contributed by atoms with Crippen LogP contribution in [-0.2, 0) is 0 Å². The second kappa shape index (κ2) is 3.73. The first-order valence-corrected chi connectivity index (χ1v) is 4.71. The molecule has 0 aromatic carbocycles. The van der Waals surface area contributed by atoms with E-state index in [1.807, 2.05) is 6.92 Å². The molecule has 1 rings (SSSR count). The van der Waals surface area contributed by atoms with Crippen LogP contribution in [0.3, 0.4) is 0 Å². The molecule has 3 nitrogen and oxygen atoms in total. The Hall–Kier alpha value is -0.120. The average molecular weight is 172 g/mol. The molecule has 0 radical (unpaired) electrons. The molecule has 0 aromatic heterocycles. The van der Waals surface area contributed by atoms with Gasteiger partial charge < -0.3 is 10.4 Å². The zero-order valence-electron chi connectivity index (χ0n) is 8.30. The van der Waals surface area contributed by atoms with Gasteiger partial charge in [0.1, 0.15) is 0 Å². The van der Waals surface area contributed by atoms with Crippen molar-refractivity contribution in [3.63, 3.8) is 0 Å². The summed E-state index contributed by atoms with van der Waals surface area (Å²) in [6, 6.07) is 0.485. The maximum Gasteiger partial charge on any atom is 0.0869 e. The van der Waals surface area contributed by atoms with Crippen LogP contribution in [0.4, 0.5) is 0 Å². The lowest BCUT2D eigenvalue weighted by molar-refractivity contribution is 0.0357. The van der Waals surface area contributed by atoms with Crippen molar-refractivity contribution in [1.82, 2.24) is 10.2 Å². The first-order valence-electron chi connectivity index (χ1n) is 4.71. The van der Waals surface area contributed by atoms with Crippen molar-refractivity contribution < 1.29 is 5.11 Å². The molecule has 0 saturated carbocycles. The third kappa shape index (κ3) is 2.73. The van der Waals surface area contributed by atoms with E-state index in [4.69, 9.17) is 0 Å². The van der Waals surface area contributed by atoms with Crippen LogP contribution in [0.5, 0.6) is 0 Å². The van der Waals surface area contributed by atoms with Gasteiger partial charge in [0.05, 0.1) is 5.60 Å². The van der Waals surface area contributed by atoms with Gasteiger partial charge in [0, 0.05) is 25.7 Å². The molecule has 1 fully saturated rings. The zero-order valence-corrected chi connectivity index (χ0v) is 8.30. The van der Waals surface area contributed by atoms with Gasteiger partial charge in [0.15, 0.2) is 0 Å². The summed E-state index contributed by atoms with van der Waals surface area (Å²) >= 11 is 0. The molecule has 0 spiro atoms. The minimum atomic E-state index is -0.569. The van der Waals surface area contributed by atoms with Gasteiger partial charge >= 0.3 is 0 Å². The average Bonchev–Trinajstić information content (AvgIpc) is 2.10. The Kier molecular flexibility index (Phi) is 3.09. The highest BCUT2D eigenvalue weighted by Crippen LogP contribution is 2.09. The minimum Gasteiger partial charge on any atom is -0.388 e. The number of hydrogen-bond donors (Lipinski definition) is 2. The summed E-state index contributed by atoms with van der Waals surface area (Å²) in [5, 5.41) is 13.2. The number of β-amino-alcohol motifs (C(OH)–C–C–N with tert-alkyl or cyclic N) is 1. The van der Waals surface area contributed by atoms with Crippen molar-refractivity contribution >= 4 is 0 Å². The largest absolute Gasteiger partial charge is 0.388 e. The summed E-state index contributed by atoms with van der Waals surface area (Å²) in [5.41, 5.74) is -0.569. The number of likely N-dealkylation sites (N-methyl/N-ethyl adjacent to an activating group) is 1. The molecule has 2 N–H and O–H groups in total. The lowest BCUT2D eigenvalue weighted by atomic mass is 10.1. The molecule has 2 unspecified atom stereocenters. The summed E-state index contributed by atoms with van der Waals surface area (Å²) in [4.78, 5) is 2.28. The predicted octanol–water partition coefficient (Wildman–Crippen LogP) is 0.0510. The smallest absolute Gasteiger partial charge is 0.0869 e. The molecule has 1 aliphatic rings. The standard InChI is InChI=1S/C9H20N2O/c1-4-11-5-8(2)10-6-9(3,12)7-11/h8,10,12H,4-7H2,1-3H3. The number of rotatable bonds is 1. The predicted molar refractivity (Wildman–Crippen MR) is 50.2 cm³/mol. The van der Waals surface area contributed by atoms with Gasteiger partial charge in [-0.1, -0.05) is 6.92 Å². The number of hydrogen-bond acceptors (Lipinski definition) is 3. The maximum absolute atomic E-state index is 9.87. The number of nitrogens with one attached hydrogen (secondary N) is 1. The third-order valence-corrected chi connectivity index (χ3v) is 2.37. The van der Waals surface area contributed by atoms with E-state index < -0.39 is 5.60 Å². The fourth-order valence-corrected chi connectivity index (χ4v) is 1.69. The van der Waals surface area contributed by atoms with Gasteiger partial charge in [-0.25, -0.2) is 0 Å². The van der Waals surface area contributed by atoms with E-state index in [1.165, 1.54) is 0 Å². The molecule has 0 aliphatic carbocycles. The Labute approximate surface area is 74.8 Å². The summed E-state index contributed by atoms with van der Waals surface area (Å²) in [6.07, 6.45) is 0. The monoisotopic (exact) mass is 172 g/mol. The van der Waals surface area contributed by atoms with Crippen LogP contribution in [0.25, 0.3) is 0 Å². The van der Waals surface area contributed by atoms with Crippen molar-refractivity contribution in [2.24, 2.45) is 0 Å². The highest BCUT2D eigenvalue weighted by atomic mass is 16.3. The highest BCUT2D eigenvalue weighted by molar-refractivity contribution is 4.86. The van der Waals surface area contributed by atoms with Gasteiger partial charge in [0.25, 0.3) is 0 Å². The SMILES string of the molecule is CCN1CC(C)NCC(C)(O)C1. The maximum atomic E-state index is 9.87. The molecule has 0 aromatic rings. The normalized spacial score (nSPS) is 39.5. The van der Waals surface area contributed by atoms with Crippen LogP contribution in [0.15, 0.2) is 0 Å². The van der Waals surface area contributed by atoms with E-state index in [0.717, 1.165) is 19.6 Å². The molecule has 0 bridgehead atoms. The topological polar surface area (TPSA) is 35.5 Å². The molecular weight excluding hydrogens is 152 g/mol. The summed E-state index contributed by atoms with van der Waals surface area (Å²) < 4.78 is 0. The molecule has 1 heterocycles. The Bertz CT molecular complexity index is 147. The lowest BCUT2D eigenvalue weighted by Crippen LogP contribution is -2.43. The van der Waals surface area contributed by atoms with Crippen molar-refractivity contribution in [2.45, 2.75) is 32.4 Å². The lowest BCUT2D eigenvalue weighted by Gasteiger charge is -2.26. The zero-order chi connectivity index (χ0) is 9.19. The van der Waals surface area contributed by atoms with Crippen LogP contribution in [-0.4, -0.2) is 47.8 Å². The number of nitrogens with zero attached hydrogens (tertiary/aromatic N) is 1. The van der Waals surface area contributed by atoms with E-state index >= 15 is 0 Å². The summed E-state index contributed by atoms with van der Waals surface area (Å²) in [5.74, 6) is 0. The highest BCUT2D eigenvalue weighted by Gasteiger charge is 2.27. The van der Waals surface area contributed by atoms with Crippen molar-refractivity contribution in [1.29, 1.82) is 0 Å². The Balaban J connectivity index is 2.56. The molecule has 1 aliphatic heterocycles. The van der Waals surface area contributed by atoms with Crippen molar-refractivity contribution in [3.05, 3.63) is 0 Å². The molecule has 0 amide bonds. The second-order valence-corrected chi connectivity index (χ2v) is 4.11. The number of aliphatic hydroxyl groups is 1. The molecule has 12 heavy (non-hydrogen) atoms. The molecule has 1 saturated heterocycles. The van der Waals surface area contributed by atoms with E-state index in [1.54, 1.807) is 0 Å². The molecule has 2 atom stereocenters. The van der Waals surface area contributed by atoms with Crippen molar-refractivity contribution in [2.75, 3.05) is 26.2 Å². The third-order valence-electron chi connectivity index (χ3n) is 2.37. The quantitative estimate of drug-likeness (QED) is 0.587. The minimum absolute atomic E-state index is 0.485. The Morgan fingerprint density at radius 2 is 2.33 bits per heavy atom. The van der Waals surface area contributed by atoms with Gasteiger partial charge in [-0.3, -0.25) is 4.90 Å². The van der Waals surface area contributed by atoms with Gasteiger partial charge in [0.2, 0.25) is 0 Å². The molecule has 72 valence electrons. The van der Waals surface area contributed by atoms with Crippen LogP contribution in [0, 0.1) is 0 Å². The fourth-order valence-electron chi connectivity index (χ4n) is 1.69. The van der Waals surface area contributed by atoms with Gasteiger partial charge in [-0.15, -0.1) is 0 Å². The van der Waals surface area contributed by atoms with E-state index in [0.29, 0.717) is 12.6 Å². The molecule has 3 heteroatoms. The van der Waals surface area contributed by atoms with Crippen LogP contribution in [0.1, 0.15) is 20.8 Å². The first kappa shape index (κ1) is 9.96. The van der Waals surface area contributed by atoms with Crippen molar-refractivity contribution in [3.8, 4) is 0 Å². The summed E-state index contributed by atoms with van der Waals surface area (Å²) in [7, 11) is 0.